The maximum absolute atomic E-state index is 14.6. The molecule has 0 aliphatic heterocycles. The van der Waals surface area contributed by atoms with E-state index in [1.807, 2.05) is 88.4 Å². The molecule has 236 valence electrons. The summed E-state index contributed by atoms with van der Waals surface area (Å²) in [6.45, 7) is 7.45. The molecule has 9 heteroatoms. The van der Waals surface area contributed by atoms with Crippen LogP contribution in [0.5, 0.6) is 5.75 Å². The fourth-order valence-electron chi connectivity index (χ4n) is 5.08. The number of carbonyl (C=O) groups excluding carboxylic acids is 2. The molecule has 0 spiro atoms. The Hall–Kier alpha value is -4.63. The molecule has 4 rings (SSSR count). The van der Waals surface area contributed by atoms with Crippen LogP contribution in [0.1, 0.15) is 34.7 Å². The summed E-state index contributed by atoms with van der Waals surface area (Å²) in [4.78, 5) is 29.7. The molecule has 8 nitrogen and oxygen atoms in total. The summed E-state index contributed by atoms with van der Waals surface area (Å²) in [5.41, 5.74) is 4.68. The molecule has 1 unspecified atom stereocenters. The van der Waals surface area contributed by atoms with Gasteiger partial charge in [-0.25, -0.2) is 8.42 Å². The first-order chi connectivity index (χ1) is 21.5. The summed E-state index contributed by atoms with van der Waals surface area (Å²) in [5.74, 6) is -0.538. The van der Waals surface area contributed by atoms with Crippen LogP contribution >= 0.6 is 0 Å². The molecule has 2 amide bonds. The lowest BCUT2D eigenvalue weighted by Crippen LogP contribution is -2.53. The van der Waals surface area contributed by atoms with E-state index in [2.05, 4.69) is 5.32 Å². The van der Waals surface area contributed by atoms with Crippen LogP contribution in [0.2, 0.25) is 0 Å². The zero-order valence-corrected chi connectivity index (χ0v) is 27.3. The van der Waals surface area contributed by atoms with Gasteiger partial charge in [0.15, 0.2) is 0 Å². The Labute approximate surface area is 266 Å². The van der Waals surface area contributed by atoms with Crippen molar-refractivity contribution in [3.8, 4) is 5.75 Å². The molecule has 0 aliphatic rings. The van der Waals surface area contributed by atoms with Crippen molar-refractivity contribution in [3.63, 3.8) is 0 Å². The van der Waals surface area contributed by atoms with Crippen molar-refractivity contribution in [2.75, 3.05) is 24.5 Å². The van der Waals surface area contributed by atoms with Gasteiger partial charge in [-0.05, 0) is 68.7 Å². The van der Waals surface area contributed by atoms with E-state index < -0.39 is 28.5 Å². The van der Waals surface area contributed by atoms with Gasteiger partial charge in [-0.15, -0.1) is 0 Å². The van der Waals surface area contributed by atoms with Crippen molar-refractivity contribution in [2.24, 2.45) is 0 Å². The predicted molar refractivity (Wildman–Crippen MR) is 178 cm³/mol. The average Bonchev–Trinajstić information content (AvgIpc) is 3.03. The Morgan fingerprint density at radius 1 is 0.800 bits per heavy atom. The summed E-state index contributed by atoms with van der Waals surface area (Å²) < 4.78 is 35.3. The van der Waals surface area contributed by atoms with Crippen LogP contribution in [0.25, 0.3) is 0 Å². The van der Waals surface area contributed by atoms with Gasteiger partial charge in [0, 0.05) is 19.5 Å². The highest BCUT2D eigenvalue weighted by atomic mass is 32.2. The van der Waals surface area contributed by atoms with E-state index in [-0.39, 0.29) is 29.5 Å². The Kier molecular flexibility index (Phi) is 11.0. The van der Waals surface area contributed by atoms with Gasteiger partial charge in [-0.1, -0.05) is 83.9 Å². The molecule has 45 heavy (non-hydrogen) atoms. The Morgan fingerprint density at radius 3 is 2.00 bits per heavy atom. The van der Waals surface area contributed by atoms with E-state index >= 15 is 0 Å². The number of methoxy groups -OCH3 is 1. The third-order valence-electron chi connectivity index (χ3n) is 7.59. The van der Waals surface area contributed by atoms with Crippen LogP contribution in [-0.4, -0.2) is 51.4 Å². The summed E-state index contributed by atoms with van der Waals surface area (Å²) in [7, 11) is -2.78. The second-order valence-electron chi connectivity index (χ2n) is 11.1. The van der Waals surface area contributed by atoms with Crippen LogP contribution in [-0.2, 0) is 32.6 Å². The average molecular weight is 628 g/mol. The first-order valence-electron chi connectivity index (χ1n) is 14.9. The van der Waals surface area contributed by atoms with E-state index in [0.29, 0.717) is 12.3 Å². The third-order valence-corrected chi connectivity index (χ3v) is 9.36. The Morgan fingerprint density at radius 2 is 1.40 bits per heavy atom. The number of anilines is 1. The van der Waals surface area contributed by atoms with E-state index in [1.165, 1.54) is 24.1 Å². The first-order valence-corrected chi connectivity index (χ1v) is 16.4. The fourth-order valence-corrected chi connectivity index (χ4v) is 6.50. The van der Waals surface area contributed by atoms with Crippen LogP contribution in [0.4, 0.5) is 5.69 Å². The lowest BCUT2D eigenvalue weighted by molar-refractivity contribution is -0.140. The largest absolute Gasteiger partial charge is 0.495 e. The summed E-state index contributed by atoms with van der Waals surface area (Å²) >= 11 is 0. The molecule has 1 N–H and O–H groups in total. The molecule has 0 bridgehead atoms. The maximum atomic E-state index is 14.6. The second kappa shape index (κ2) is 14.9. The number of carbonyl (C=O) groups is 2. The molecule has 4 aromatic rings. The molecule has 0 radical (unpaired) electrons. The summed E-state index contributed by atoms with van der Waals surface area (Å²) in [6.07, 6.45) is 0.253. The SMILES string of the molecule is CCNC(=O)C(Cc1ccccc1)N(Cc1ccc(C)cc1)C(=O)CN(c1cc(C)ccc1OC)S(=O)(=O)c1ccc(C)cc1. The smallest absolute Gasteiger partial charge is 0.264 e. The highest BCUT2D eigenvalue weighted by Gasteiger charge is 2.35. The zero-order chi connectivity index (χ0) is 32.6. The van der Waals surface area contributed by atoms with Crippen LogP contribution in [0.3, 0.4) is 0 Å². The Balaban J connectivity index is 1.84. The number of rotatable bonds is 13. The van der Waals surface area contributed by atoms with Crippen molar-refractivity contribution in [2.45, 2.75) is 51.6 Å². The number of sulfonamides is 1. The number of hydrogen-bond donors (Lipinski definition) is 1. The first kappa shape index (κ1) is 33.3. The minimum Gasteiger partial charge on any atom is -0.495 e. The molecule has 0 saturated carbocycles. The lowest BCUT2D eigenvalue weighted by atomic mass is 10.0. The number of nitrogens with one attached hydrogen (secondary N) is 1. The van der Waals surface area contributed by atoms with Gasteiger partial charge >= 0.3 is 0 Å². The van der Waals surface area contributed by atoms with Crippen molar-refractivity contribution in [3.05, 3.63) is 125 Å². The molecule has 0 aromatic heterocycles. The van der Waals surface area contributed by atoms with Gasteiger partial charge in [0.25, 0.3) is 10.0 Å². The monoisotopic (exact) mass is 627 g/mol. The predicted octanol–water partition coefficient (Wildman–Crippen LogP) is 5.59. The van der Waals surface area contributed by atoms with Gasteiger partial charge in [-0.2, -0.15) is 0 Å². The zero-order valence-electron chi connectivity index (χ0n) is 26.5. The minimum absolute atomic E-state index is 0.0408. The van der Waals surface area contributed by atoms with Gasteiger partial charge < -0.3 is 15.0 Å². The van der Waals surface area contributed by atoms with Crippen molar-refractivity contribution >= 4 is 27.5 Å². The van der Waals surface area contributed by atoms with Crippen LogP contribution in [0, 0.1) is 20.8 Å². The summed E-state index contributed by atoms with van der Waals surface area (Å²) in [6, 6.07) is 28.0. The molecular weight excluding hydrogens is 586 g/mol. The van der Waals surface area contributed by atoms with E-state index in [1.54, 1.807) is 24.3 Å². The Bertz CT molecular complexity index is 1710. The number of amides is 2. The number of aryl methyl sites for hydroxylation is 3. The molecular formula is C36H41N3O5S. The van der Waals surface area contributed by atoms with E-state index in [4.69, 9.17) is 4.74 Å². The fraction of sp³-hybridized carbons (Fsp3) is 0.278. The van der Waals surface area contributed by atoms with Gasteiger partial charge in [0.2, 0.25) is 11.8 Å². The van der Waals surface area contributed by atoms with Crippen molar-refractivity contribution in [1.82, 2.24) is 10.2 Å². The van der Waals surface area contributed by atoms with E-state index in [0.717, 1.165) is 32.1 Å². The van der Waals surface area contributed by atoms with E-state index in [9.17, 15) is 18.0 Å². The van der Waals surface area contributed by atoms with Crippen LogP contribution in [0.15, 0.2) is 102 Å². The van der Waals surface area contributed by atoms with Gasteiger partial charge in [0.05, 0.1) is 17.7 Å². The maximum Gasteiger partial charge on any atom is 0.264 e. The lowest BCUT2D eigenvalue weighted by Gasteiger charge is -2.34. The molecule has 0 heterocycles. The molecule has 0 aliphatic carbocycles. The standard InChI is InChI=1S/C36H41N3O5S/c1-6-37-36(41)33(23-29-10-8-7-9-11-29)38(24-30-17-12-26(2)13-18-30)35(40)25-39(32-22-28(4)16-21-34(32)44-5)45(42,43)31-19-14-27(3)15-20-31/h7-22,33H,6,23-25H2,1-5H3,(H,37,41). The quantitative estimate of drug-likeness (QED) is 0.209. The molecule has 1 atom stereocenters. The minimum atomic E-state index is -4.24. The number of ether oxygens (including phenoxy) is 1. The summed E-state index contributed by atoms with van der Waals surface area (Å²) in [5, 5.41) is 2.88. The topological polar surface area (TPSA) is 96.0 Å². The van der Waals surface area contributed by atoms with Crippen molar-refractivity contribution in [1.29, 1.82) is 0 Å². The normalized spacial score (nSPS) is 11.8. The third kappa shape index (κ3) is 8.30. The molecule has 0 fully saturated rings. The number of benzene rings is 4. The number of likely N-dealkylation sites (N-methyl/N-ethyl adjacent to an activating group) is 1. The molecule has 4 aromatic carbocycles. The second-order valence-corrected chi connectivity index (χ2v) is 13.0. The van der Waals surface area contributed by atoms with Crippen molar-refractivity contribution < 1.29 is 22.7 Å². The highest BCUT2D eigenvalue weighted by Crippen LogP contribution is 2.34. The number of nitrogens with zero attached hydrogens (tertiary/aromatic N) is 2. The molecule has 0 saturated heterocycles. The van der Waals surface area contributed by atoms with Gasteiger partial charge in [0.1, 0.15) is 18.3 Å². The number of hydrogen-bond acceptors (Lipinski definition) is 5. The van der Waals surface area contributed by atoms with Gasteiger partial charge in [-0.3, -0.25) is 13.9 Å². The highest BCUT2D eigenvalue weighted by molar-refractivity contribution is 7.92. The van der Waals surface area contributed by atoms with Crippen LogP contribution < -0.4 is 14.4 Å².